The van der Waals surface area contributed by atoms with Gasteiger partial charge in [0, 0.05) is 44.3 Å². The van der Waals surface area contributed by atoms with E-state index >= 15 is 0 Å². The maximum Gasteiger partial charge on any atom is 0.191 e. The van der Waals surface area contributed by atoms with Crippen LogP contribution >= 0.6 is 24.0 Å². The van der Waals surface area contributed by atoms with Crippen molar-refractivity contribution in [3.63, 3.8) is 0 Å². The average Bonchev–Trinajstić information content (AvgIpc) is 3.17. The first-order valence-corrected chi connectivity index (χ1v) is 12.8. The molecule has 0 radical (unpaired) electrons. The lowest BCUT2D eigenvalue weighted by Gasteiger charge is -2.50. The van der Waals surface area contributed by atoms with Crippen LogP contribution in [0.3, 0.4) is 0 Å². The molecule has 33 heavy (non-hydrogen) atoms. The van der Waals surface area contributed by atoms with Gasteiger partial charge in [-0.05, 0) is 77.8 Å². The zero-order valence-electron chi connectivity index (χ0n) is 20.9. The van der Waals surface area contributed by atoms with E-state index in [1.165, 1.54) is 63.8 Å². The normalized spacial score (nSPS) is 27.2. The number of halogens is 1. The van der Waals surface area contributed by atoms with E-state index in [0.717, 1.165) is 32.0 Å². The largest absolute Gasteiger partial charge is 0.355 e. The van der Waals surface area contributed by atoms with Crippen LogP contribution in [0.15, 0.2) is 35.3 Å². The first kappa shape index (κ1) is 26.7. The van der Waals surface area contributed by atoms with Gasteiger partial charge in [-0.15, -0.1) is 24.0 Å². The van der Waals surface area contributed by atoms with Crippen molar-refractivity contribution in [2.24, 2.45) is 4.99 Å². The Morgan fingerprint density at radius 1 is 1.06 bits per heavy atom. The van der Waals surface area contributed by atoms with Gasteiger partial charge in [0.2, 0.25) is 0 Å². The van der Waals surface area contributed by atoms with E-state index in [1.807, 2.05) is 7.05 Å². The molecular formula is C26H45IN6. The number of guanidine groups is 1. The minimum Gasteiger partial charge on any atom is -0.355 e. The van der Waals surface area contributed by atoms with Gasteiger partial charge in [0.25, 0.3) is 0 Å². The van der Waals surface area contributed by atoms with Crippen LogP contribution < -0.4 is 10.6 Å². The molecule has 2 N–H and O–H groups in total. The van der Waals surface area contributed by atoms with Crippen molar-refractivity contribution in [2.45, 2.75) is 69.6 Å². The van der Waals surface area contributed by atoms with Crippen molar-refractivity contribution in [3.05, 3.63) is 35.9 Å². The van der Waals surface area contributed by atoms with Gasteiger partial charge in [-0.2, -0.15) is 0 Å². The van der Waals surface area contributed by atoms with Gasteiger partial charge < -0.3 is 15.5 Å². The van der Waals surface area contributed by atoms with Crippen LogP contribution in [-0.2, 0) is 6.54 Å². The lowest BCUT2D eigenvalue weighted by atomic mass is 9.84. The lowest BCUT2D eigenvalue weighted by Crippen LogP contribution is -2.62. The Kier molecular flexibility index (Phi) is 10.3. The second-order valence-corrected chi connectivity index (χ2v) is 10.3. The maximum atomic E-state index is 4.61. The molecule has 7 heteroatoms. The zero-order chi connectivity index (χ0) is 22.4. The van der Waals surface area contributed by atoms with Crippen molar-refractivity contribution < 1.29 is 0 Å². The summed E-state index contributed by atoms with van der Waals surface area (Å²) in [5.74, 6) is 0.971. The number of nitrogens with zero attached hydrogens (tertiary/aromatic N) is 4. The van der Waals surface area contributed by atoms with Crippen LogP contribution in [-0.4, -0.2) is 91.6 Å². The molecule has 3 fully saturated rings. The summed E-state index contributed by atoms with van der Waals surface area (Å²) in [5, 5.41) is 7.51. The van der Waals surface area contributed by atoms with E-state index in [-0.39, 0.29) is 29.5 Å². The Bertz CT molecular complexity index is 728. The van der Waals surface area contributed by atoms with Crippen LogP contribution in [0.2, 0.25) is 0 Å². The molecule has 4 rings (SSSR count). The number of hydrogen-bond acceptors (Lipinski definition) is 4. The molecular weight excluding hydrogens is 523 g/mol. The predicted molar refractivity (Wildman–Crippen MR) is 150 cm³/mol. The lowest BCUT2D eigenvalue weighted by molar-refractivity contribution is 0.0173. The molecule has 3 heterocycles. The highest BCUT2D eigenvalue weighted by Crippen LogP contribution is 2.31. The third kappa shape index (κ3) is 7.05. The van der Waals surface area contributed by atoms with Crippen LogP contribution in [0.25, 0.3) is 0 Å². The van der Waals surface area contributed by atoms with Crippen molar-refractivity contribution in [2.75, 3.05) is 53.4 Å². The summed E-state index contributed by atoms with van der Waals surface area (Å²) in [4.78, 5) is 12.5. The molecule has 0 saturated carbocycles. The van der Waals surface area contributed by atoms with Gasteiger partial charge >= 0.3 is 0 Å². The Morgan fingerprint density at radius 3 is 2.42 bits per heavy atom. The van der Waals surface area contributed by atoms with Crippen molar-refractivity contribution >= 4 is 29.9 Å². The molecule has 0 spiro atoms. The molecule has 0 amide bonds. The third-order valence-electron chi connectivity index (χ3n) is 8.03. The van der Waals surface area contributed by atoms with Gasteiger partial charge in [-0.25, -0.2) is 0 Å². The summed E-state index contributed by atoms with van der Waals surface area (Å²) in [7, 11) is 4.17. The predicted octanol–water partition coefficient (Wildman–Crippen LogP) is 3.38. The Balaban J connectivity index is 0.00000306. The fourth-order valence-corrected chi connectivity index (χ4v) is 5.89. The highest BCUT2D eigenvalue weighted by atomic mass is 127. The van der Waals surface area contributed by atoms with Crippen LogP contribution in [0.4, 0.5) is 0 Å². The first-order chi connectivity index (χ1) is 15.6. The summed E-state index contributed by atoms with van der Waals surface area (Å²) in [5.41, 5.74) is 1.67. The minimum atomic E-state index is 0. The van der Waals surface area contributed by atoms with E-state index in [9.17, 15) is 0 Å². The second-order valence-electron chi connectivity index (χ2n) is 10.3. The molecule has 3 saturated heterocycles. The van der Waals surface area contributed by atoms with E-state index in [2.05, 4.69) is 74.6 Å². The molecule has 0 bridgehead atoms. The standard InChI is InChI=1S/C26H44N6.HI/c1-22-18-24(20-31(22)19-23-10-6-4-7-11-23)29-25(27-2)28-21-26(12-16-30(3)17-13-26)32-14-8-5-9-15-32;/h4,6-7,10-11,22,24H,5,8-9,12-21H2,1-3H3,(H2,27,28,29);1H. The summed E-state index contributed by atoms with van der Waals surface area (Å²) in [6.45, 7) is 10.3. The van der Waals surface area contributed by atoms with E-state index < -0.39 is 0 Å². The highest BCUT2D eigenvalue weighted by Gasteiger charge is 2.40. The summed E-state index contributed by atoms with van der Waals surface area (Å²) < 4.78 is 0. The fourth-order valence-electron chi connectivity index (χ4n) is 5.89. The molecule has 0 aliphatic carbocycles. The number of rotatable bonds is 6. The summed E-state index contributed by atoms with van der Waals surface area (Å²) in [6.07, 6.45) is 7.75. The highest BCUT2D eigenvalue weighted by molar-refractivity contribution is 14.0. The van der Waals surface area contributed by atoms with Crippen LogP contribution in [0.5, 0.6) is 0 Å². The molecule has 1 aromatic carbocycles. The van der Waals surface area contributed by atoms with Gasteiger partial charge in [0.15, 0.2) is 5.96 Å². The Morgan fingerprint density at radius 2 is 1.76 bits per heavy atom. The summed E-state index contributed by atoms with van der Waals surface area (Å²) >= 11 is 0. The second kappa shape index (κ2) is 12.7. The van der Waals surface area contributed by atoms with Gasteiger partial charge in [0.1, 0.15) is 0 Å². The van der Waals surface area contributed by atoms with Crippen molar-refractivity contribution in [1.82, 2.24) is 25.3 Å². The number of aliphatic imine (C=N–C) groups is 1. The van der Waals surface area contributed by atoms with E-state index in [0.29, 0.717) is 12.1 Å². The Hall–Kier alpha value is -0.900. The molecule has 1 aromatic rings. The number of likely N-dealkylation sites (tertiary alicyclic amines) is 3. The topological polar surface area (TPSA) is 46.1 Å². The number of hydrogen-bond donors (Lipinski definition) is 2. The molecule has 2 atom stereocenters. The molecule has 3 aliphatic rings. The molecule has 0 aromatic heterocycles. The van der Waals surface area contributed by atoms with Gasteiger partial charge in [0.05, 0.1) is 0 Å². The van der Waals surface area contributed by atoms with Crippen molar-refractivity contribution in [3.8, 4) is 0 Å². The Labute approximate surface area is 218 Å². The monoisotopic (exact) mass is 568 g/mol. The molecule has 186 valence electrons. The SMILES string of the molecule is CN=C(NCC1(N2CCCCC2)CCN(C)CC1)NC1CC(C)N(Cc2ccccc2)C1.I. The average molecular weight is 569 g/mol. The third-order valence-corrected chi connectivity index (χ3v) is 8.03. The van der Waals surface area contributed by atoms with E-state index in [4.69, 9.17) is 0 Å². The van der Waals surface area contributed by atoms with Crippen LogP contribution in [0.1, 0.15) is 51.0 Å². The van der Waals surface area contributed by atoms with Gasteiger partial charge in [-0.3, -0.25) is 14.8 Å². The maximum absolute atomic E-state index is 4.61. The molecule has 6 nitrogen and oxygen atoms in total. The first-order valence-electron chi connectivity index (χ1n) is 12.8. The van der Waals surface area contributed by atoms with E-state index in [1.54, 1.807) is 0 Å². The number of piperidine rings is 2. The number of benzene rings is 1. The quantitative estimate of drug-likeness (QED) is 0.313. The number of nitrogens with one attached hydrogen (secondary N) is 2. The van der Waals surface area contributed by atoms with Crippen LogP contribution in [0, 0.1) is 0 Å². The van der Waals surface area contributed by atoms with Crippen molar-refractivity contribution in [1.29, 1.82) is 0 Å². The smallest absolute Gasteiger partial charge is 0.191 e. The summed E-state index contributed by atoms with van der Waals surface area (Å²) in [6, 6.07) is 11.9. The molecule has 2 unspecified atom stereocenters. The molecule has 3 aliphatic heterocycles. The fraction of sp³-hybridized carbons (Fsp3) is 0.731. The zero-order valence-corrected chi connectivity index (χ0v) is 23.3. The van der Waals surface area contributed by atoms with Gasteiger partial charge in [-0.1, -0.05) is 36.8 Å². The minimum absolute atomic E-state index is 0.